The molecule has 0 saturated heterocycles. The Hall–Kier alpha value is -1.91. The van der Waals surface area contributed by atoms with Gasteiger partial charge in [-0.25, -0.2) is 4.39 Å². The van der Waals surface area contributed by atoms with Gasteiger partial charge in [0, 0.05) is 13.0 Å². The second-order valence-corrected chi connectivity index (χ2v) is 4.93. The summed E-state index contributed by atoms with van der Waals surface area (Å²) in [6, 6.07) is 6.92. The van der Waals surface area contributed by atoms with Crippen molar-refractivity contribution in [2.45, 2.75) is 32.7 Å². The highest BCUT2D eigenvalue weighted by Gasteiger charge is 2.19. The Morgan fingerprint density at radius 2 is 1.79 bits per heavy atom. The molecule has 0 spiro atoms. The zero-order chi connectivity index (χ0) is 14.0. The molecule has 0 N–H and O–H groups in total. The Labute approximate surface area is 112 Å². The lowest BCUT2D eigenvalue weighted by molar-refractivity contribution is 0.401. The van der Waals surface area contributed by atoms with Gasteiger partial charge in [0.1, 0.15) is 5.82 Å². The van der Waals surface area contributed by atoms with Gasteiger partial charge in [0.25, 0.3) is 0 Å². The SMILES string of the molecule is CC(C)c1noc(N(C)C(C)c2ccc(F)cc2)n1. The van der Waals surface area contributed by atoms with Gasteiger partial charge in [-0.1, -0.05) is 31.1 Å². The van der Waals surface area contributed by atoms with Crippen molar-refractivity contribution in [1.82, 2.24) is 10.1 Å². The molecule has 0 bridgehead atoms. The van der Waals surface area contributed by atoms with Gasteiger partial charge in [-0.3, -0.25) is 0 Å². The van der Waals surface area contributed by atoms with Crippen LogP contribution in [0.2, 0.25) is 0 Å². The van der Waals surface area contributed by atoms with Crippen LogP contribution in [0.1, 0.15) is 44.1 Å². The first-order chi connectivity index (χ1) is 8.99. The quantitative estimate of drug-likeness (QED) is 0.846. The summed E-state index contributed by atoms with van der Waals surface area (Å²) in [5, 5.41) is 3.94. The average molecular weight is 263 g/mol. The standard InChI is InChI=1S/C14H18FN3O/c1-9(2)13-16-14(19-17-13)18(4)10(3)11-5-7-12(15)8-6-11/h5-10H,1-4H3. The number of benzene rings is 1. The maximum Gasteiger partial charge on any atom is 0.324 e. The Morgan fingerprint density at radius 3 is 2.32 bits per heavy atom. The van der Waals surface area contributed by atoms with Gasteiger partial charge in [0.05, 0.1) is 6.04 Å². The van der Waals surface area contributed by atoms with E-state index in [-0.39, 0.29) is 17.8 Å². The van der Waals surface area contributed by atoms with Gasteiger partial charge in [-0.15, -0.1) is 0 Å². The number of halogens is 1. The number of hydrogen-bond donors (Lipinski definition) is 0. The smallest absolute Gasteiger partial charge is 0.321 e. The van der Waals surface area contributed by atoms with Crippen LogP contribution < -0.4 is 4.90 Å². The molecular formula is C14H18FN3O. The second-order valence-electron chi connectivity index (χ2n) is 4.93. The third kappa shape index (κ3) is 2.92. The monoisotopic (exact) mass is 263 g/mol. The third-order valence-electron chi connectivity index (χ3n) is 3.18. The summed E-state index contributed by atoms with van der Waals surface area (Å²) in [4.78, 5) is 6.23. The summed E-state index contributed by atoms with van der Waals surface area (Å²) in [5.41, 5.74) is 0.994. The average Bonchev–Trinajstić information content (AvgIpc) is 2.87. The summed E-state index contributed by atoms with van der Waals surface area (Å²) >= 11 is 0. The molecule has 0 aliphatic rings. The second kappa shape index (κ2) is 5.38. The first-order valence-electron chi connectivity index (χ1n) is 6.31. The summed E-state index contributed by atoms with van der Waals surface area (Å²) in [5.74, 6) is 0.679. The minimum atomic E-state index is -0.238. The predicted molar refractivity (Wildman–Crippen MR) is 71.6 cm³/mol. The van der Waals surface area contributed by atoms with E-state index in [2.05, 4.69) is 10.1 Å². The van der Waals surface area contributed by atoms with Crippen LogP contribution in [0.5, 0.6) is 0 Å². The van der Waals surface area contributed by atoms with Crippen LogP contribution in [0, 0.1) is 5.82 Å². The molecule has 0 aliphatic heterocycles. The molecule has 102 valence electrons. The van der Waals surface area contributed by atoms with Gasteiger partial charge < -0.3 is 9.42 Å². The van der Waals surface area contributed by atoms with E-state index in [1.807, 2.05) is 32.7 Å². The number of rotatable bonds is 4. The molecule has 1 atom stereocenters. The fourth-order valence-electron chi connectivity index (χ4n) is 1.73. The lowest BCUT2D eigenvalue weighted by Crippen LogP contribution is -2.22. The Morgan fingerprint density at radius 1 is 1.16 bits per heavy atom. The Balaban J connectivity index is 2.17. The van der Waals surface area contributed by atoms with Crippen molar-refractivity contribution in [3.05, 3.63) is 41.5 Å². The van der Waals surface area contributed by atoms with Crippen LogP contribution in [0.25, 0.3) is 0 Å². The summed E-state index contributed by atoms with van der Waals surface area (Å²) < 4.78 is 18.2. The first-order valence-corrected chi connectivity index (χ1v) is 6.31. The van der Waals surface area contributed by atoms with Gasteiger partial charge in [0.2, 0.25) is 0 Å². The van der Waals surface area contributed by atoms with Crippen LogP contribution >= 0.6 is 0 Å². The molecule has 1 unspecified atom stereocenters. The van der Waals surface area contributed by atoms with E-state index in [4.69, 9.17) is 4.52 Å². The minimum Gasteiger partial charge on any atom is -0.321 e. The lowest BCUT2D eigenvalue weighted by Gasteiger charge is -2.22. The first kappa shape index (κ1) is 13.5. The van der Waals surface area contributed by atoms with Gasteiger partial charge in [-0.05, 0) is 24.6 Å². The van der Waals surface area contributed by atoms with E-state index in [1.54, 1.807) is 12.1 Å². The van der Waals surface area contributed by atoms with Crippen molar-refractivity contribution < 1.29 is 8.91 Å². The molecule has 4 nitrogen and oxygen atoms in total. The van der Waals surface area contributed by atoms with Crippen LogP contribution in [-0.4, -0.2) is 17.2 Å². The minimum absolute atomic E-state index is 0.0288. The maximum atomic E-state index is 12.9. The van der Waals surface area contributed by atoms with Crippen LogP contribution in [0.15, 0.2) is 28.8 Å². The molecule has 2 rings (SSSR count). The van der Waals surface area contributed by atoms with Crippen LogP contribution in [-0.2, 0) is 0 Å². The van der Waals surface area contributed by atoms with Crippen LogP contribution in [0.3, 0.4) is 0 Å². The fraction of sp³-hybridized carbons (Fsp3) is 0.429. The molecule has 0 saturated carbocycles. The molecule has 1 aromatic carbocycles. The zero-order valence-electron chi connectivity index (χ0n) is 11.6. The van der Waals surface area contributed by atoms with Crippen molar-refractivity contribution in [2.24, 2.45) is 0 Å². The number of hydrogen-bond acceptors (Lipinski definition) is 4. The summed E-state index contributed by atoms with van der Waals surface area (Å²) in [6.07, 6.45) is 0. The van der Waals surface area contributed by atoms with Crippen molar-refractivity contribution in [2.75, 3.05) is 11.9 Å². The van der Waals surface area contributed by atoms with Crippen LogP contribution in [0.4, 0.5) is 10.4 Å². The normalized spacial score (nSPS) is 12.7. The van der Waals surface area contributed by atoms with E-state index >= 15 is 0 Å². The summed E-state index contributed by atoms with van der Waals surface area (Å²) in [6.45, 7) is 6.03. The van der Waals surface area contributed by atoms with E-state index in [0.29, 0.717) is 11.8 Å². The van der Waals surface area contributed by atoms with E-state index in [9.17, 15) is 4.39 Å². The highest BCUT2D eigenvalue weighted by atomic mass is 19.1. The molecule has 0 amide bonds. The summed E-state index contributed by atoms with van der Waals surface area (Å²) in [7, 11) is 1.88. The van der Waals surface area contributed by atoms with Crippen molar-refractivity contribution in [1.29, 1.82) is 0 Å². The molecule has 1 aromatic heterocycles. The Kier molecular flexibility index (Phi) is 3.83. The molecule has 19 heavy (non-hydrogen) atoms. The van der Waals surface area contributed by atoms with E-state index < -0.39 is 0 Å². The lowest BCUT2D eigenvalue weighted by atomic mass is 10.1. The number of anilines is 1. The number of aromatic nitrogens is 2. The van der Waals surface area contributed by atoms with E-state index in [1.165, 1.54) is 12.1 Å². The molecule has 1 heterocycles. The van der Waals surface area contributed by atoms with Gasteiger partial charge in [-0.2, -0.15) is 4.98 Å². The number of nitrogens with zero attached hydrogens (tertiary/aromatic N) is 3. The highest BCUT2D eigenvalue weighted by Crippen LogP contribution is 2.25. The Bertz CT molecular complexity index is 536. The van der Waals surface area contributed by atoms with Crippen molar-refractivity contribution >= 4 is 6.01 Å². The van der Waals surface area contributed by atoms with Gasteiger partial charge in [0.15, 0.2) is 5.82 Å². The van der Waals surface area contributed by atoms with E-state index in [0.717, 1.165) is 5.56 Å². The zero-order valence-corrected chi connectivity index (χ0v) is 11.6. The maximum absolute atomic E-state index is 12.9. The van der Waals surface area contributed by atoms with Gasteiger partial charge >= 0.3 is 6.01 Å². The molecule has 2 aromatic rings. The fourth-order valence-corrected chi connectivity index (χ4v) is 1.73. The highest BCUT2D eigenvalue weighted by molar-refractivity contribution is 5.32. The molecule has 0 fully saturated rings. The largest absolute Gasteiger partial charge is 0.324 e. The molecule has 0 radical (unpaired) electrons. The third-order valence-corrected chi connectivity index (χ3v) is 3.18. The topological polar surface area (TPSA) is 42.2 Å². The molecule has 0 aliphatic carbocycles. The molecular weight excluding hydrogens is 245 g/mol. The molecule has 5 heteroatoms. The predicted octanol–water partition coefficient (Wildman–Crippen LogP) is 3.53. The van der Waals surface area contributed by atoms with Crippen molar-refractivity contribution in [3.63, 3.8) is 0 Å². The van der Waals surface area contributed by atoms with Crippen molar-refractivity contribution in [3.8, 4) is 0 Å².